The molecule has 4 aromatic rings. The number of carbonyl (C=O) groups is 1. The molecule has 45 heavy (non-hydrogen) atoms. The highest BCUT2D eigenvalue weighted by Gasteiger charge is 2.55. The van der Waals surface area contributed by atoms with Crippen molar-refractivity contribution >= 4 is 34.1 Å². The van der Waals surface area contributed by atoms with Gasteiger partial charge in [-0.25, -0.2) is 14.4 Å². The lowest BCUT2D eigenvalue weighted by Gasteiger charge is -2.55. The summed E-state index contributed by atoms with van der Waals surface area (Å²) in [5, 5.41) is 6.69. The molecule has 10 heteroatoms. The van der Waals surface area contributed by atoms with E-state index in [-0.39, 0.29) is 18.0 Å². The van der Waals surface area contributed by atoms with Gasteiger partial charge in [0.05, 0.1) is 34.8 Å². The lowest BCUT2D eigenvalue weighted by atomic mass is 9.73. The fourth-order valence-corrected chi connectivity index (χ4v) is 8.12. The maximum Gasteiger partial charge on any atom is 0.238 e. The molecule has 9 nitrogen and oxygen atoms in total. The number of hydrogen-bond donors (Lipinski definition) is 2. The molecule has 4 aliphatic rings. The van der Waals surface area contributed by atoms with E-state index in [1.54, 1.807) is 12.3 Å². The number of pyridine rings is 2. The van der Waals surface area contributed by atoms with Crippen molar-refractivity contribution in [2.75, 3.05) is 36.4 Å². The summed E-state index contributed by atoms with van der Waals surface area (Å²) in [6.45, 7) is 12.8. The maximum atomic E-state index is 14.7. The molecule has 1 spiro atoms. The van der Waals surface area contributed by atoms with E-state index in [0.717, 1.165) is 85.4 Å². The first-order valence-electron chi connectivity index (χ1n) is 16.3. The quantitative estimate of drug-likeness (QED) is 0.286. The molecule has 0 unspecified atom stereocenters. The summed E-state index contributed by atoms with van der Waals surface area (Å²) in [4.78, 5) is 32.8. The van der Waals surface area contributed by atoms with E-state index in [1.165, 1.54) is 6.20 Å². The number of rotatable bonds is 6. The molecule has 0 atom stereocenters. The van der Waals surface area contributed by atoms with Gasteiger partial charge in [-0.3, -0.25) is 14.7 Å². The fourth-order valence-electron chi connectivity index (χ4n) is 8.12. The first-order chi connectivity index (χ1) is 21.6. The van der Waals surface area contributed by atoms with Crippen LogP contribution in [0, 0.1) is 11.2 Å². The van der Waals surface area contributed by atoms with Gasteiger partial charge in [0.25, 0.3) is 0 Å². The summed E-state index contributed by atoms with van der Waals surface area (Å²) >= 11 is 0. The summed E-state index contributed by atoms with van der Waals surface area (Å²) in [6, 6.07) is 10.9. The molecule has 6 heterocycles. The Kier molecular flexibility index (Phi) is 6.55. The molecule has 3 aromatic heterocycles. The van der Waals surface area contributed by atoms with E-state index in [1.807, 2.05) is 17.0 Å². The van der Waals surface area contributed by atoms with Crippen molar-refractivity contribution in [3.05, 3.63) is 60.4 Å². The summed E-state index contributed by atoms with van der Waals surface area (Å²) < 4.78 is 16.8. The molecule has 234 valence electrons. The molecule has 1 aliphatic carbocycles. The molecule has 8 rings (SSSR count). The molecule has 1 saturated carbocycles. The van der Waals surface area contributed by atoms with Crippen LogP contribution < -0.4 is 15.5 Å². The van der Waals surface area contributed by atoms with Gasteiger partial charge >= 0.3 is 0 Å². The van der Waals surface area contributed by atoms with Gasteiger partial charge in [-0.2, -0.15) is 0 Å². The van der Waals surface area contributed by atoms with Crippen LogP contribution in [0.25, 0.3) is 22.3 Å². The zero-order valence-electron chi connectivity index (χ0n) is 26.5. The monoisotopic (exact) mass is 608 g/mol. The zero-order chi connectivity index (χ0) is 31.1. The van der Waals surface area contributed by atoms with Gasteiger partial charge < -0.3 is 20.1 Å². The predicted molar refractivity (Wildman–Crippen MR) is 174 cm³/mol. The Balaban J connectivity index is 1.19. The average Bonchev–Trinajstić information content (AvgIpc) is 3.51. The van der Waals surface area contributed by atoms with Crippen LogP contribution in [-0.2, 0) is 10.2 Å². The normalized spacial score (nSPS) is 23.8. The van der Waals surface area contributed by atoms with Crippen LogP contribution in [-0.4, -0.2) is 68.6 Å². The first-order valence-corrected chi connectivity index (χ1v) is 16.3. The van der Waals surface area contributed by atoms with Gasteiger partial charge in [0.2, 0.25) is 5.91 Å². The molecule has 3 fully saturated rings. The first kappa shape index (κ1) is 28.6. The molecule has 2 saturated heterocycles. The number of piperidine rings is 1. The third-order valence-electron chi connectivity index (χ3n) is 10.5. The van der Waals surface area contributed by atoms with Gasteiger partial charge in [0.1, 0.15) is 5.52 Å². The molecular formula is C35H41FN8O. The molecule has 0 radical (unpaired) electrons. The average molecular weight is 609 g/mol. The number of anilines is 3. The Morgan fingerprint density at radius 3 is 2.56 bits per heavy atom. The highest BCUT2D eigenvalue weighted by molar-refractivity contribution is 6.09. The Labute approximate surface area is 263 Å². The van der Waals surface area contributed by atoms with E-state index in [2.05, 4.69) is 71.3 Å². The van der Waals surface area contributed by atoms with Crippen LogP contribution in [0.3, 0.4) is 0 Å². The number of nitrogens with one attached hydrogen (secondary N) is 2. The van der Waals surface area contributed by atoms with Crippen LogP contribution >= 0.6 is 0 Å². The van der Waals surface area contributed by atoms with Gasteiger partial charge in [0, 0.05) is 48.7 Å². The van der Waals surface area contributed by atoms with Crippen LogP contribution in [0.15, 0.2) is 49.1 Å². The second kappa shape index (κ2) is 10.3. The third-order valence-corrected chi connectivity index (χ3v) is 10.5. The summed E-state index contributed by atoms with van der Waals surface area (Å²) in [7, 11) is 0. The number of carbonyl (C=O) groups excluding carboxylic acids is 1. The number of aromatic nitrogens is 4. The predicted octanol–water partition coefficient (Wildman–Crippen LogP) is 5.80. The van der Waals surface area contributed by atoms with E-state index < -0.39 is 11.2 Å². The highest BCUT2D eigenvalue weighted by atomic mass is 19.1. The second-order valence-electron chi connectivity index (χ2n) is 14.5. The number of nitrogens with zero attached hydrogens (tertiary/aromatic N) is 6. The molecule has 0 bridgehead atoms. The number of fused-ring (bicyclic) bond motifs is 3. The molecule has 1 amide bonds. The topological polar surface area (TPSA) is 91.2 Å². The molecule has 1 aromatic carbocycles. The Hall–Kier alpha value is -3.89. The van der Waals surface area contributed by atoms with E-state index >= 15 is 0 Å². The SMILES string of the molecule is CC(C)n1cnc2cc(-c3ccc4c(c3)N([C@H]3C[C@@H](N5CC(C)(C)C5)C3)C(=O)C43CCNCC3)nc(Nc3ccncc3F)c21. The van der Waals surface area contributed by atoms with Crippen molar-refractivity contribution in [2.45, 2.75) is 76.9 Å². The largest absolute Gasteiger partial charge is 0.336 e. The van der Waals surface area contributed by atoms with Crippen LogP contribution in [0.4, 0.5) is 21.6 Å². The molecule has 2 N–H and O–H groups in total. The fraction of sp³-hybridized carbons (Fsp3) is 0.486. The highest BCUT2D eigenvalue weighted by Crippen LogP contribution is 2.52. The minimum Gasteiger partial charge on any atom is -0.336 e. The van der Waals surface area contributed by atoms with Crippen molar-refractivity contribution in [1.29, 1.82) is 0 Å². The number of benzene rings is 1. The van der Waals surface area contributed by atoms with Gasteiger partial charge in [0.15, 0.2) is 11.6 Å². The van der Waals surface area contributed by atoms with E-state index in [4.69, 9.17) is 9.97 Å². The van der Waals surface area contributed by atoms with E-state index in [9.17, 15) is 9.18 Å². The standard InChI is InChI=1S/C35H41FN8O/c1-21(2)43-20-39-29-16-28(41-32(31(29)43)40-27-7-10-38-17-26(27)36)22-5-6-25-30(13-22)44(33(45)35(25)8-11-37-12-9-35)24-14-23(15-24)42-18-34(3,4)19-42/h5-7,10,13,16-17,20-21,23-24,37H,8-9,11-12,14-15,18-19H2,1-4H3,(H,38,40,41)/t23-,24+. The van der Waals surface area contributed by atoms with Crippen LogP contribution in [0.1, 0.15) is 65.0 Å². The van der Waals surface area contributed by atoms with Crippen LogP contribution in [0.5, 0.6) is 0 Å². The Morgan fingerprint density at radius 1 is 1.07 bits per heavy atom. The van der Waals surface area contributed by atoms with Gasteiger partial charge in [-0.15, -0.1) is 0 Å². The van der Waals surface area contributed by atoms with Gasteiger partial charge in [-0.1, -0.05) is 26.0 Å². The van der Waals surface area contributed by atoms with Crippen molar-refractivity contribution in [3.8, 4) is 11.3 Å². The number of halogens is 1. The molecule has 3 aliphatic heterocycles. The maximum absolute atomic E-state index is 14.7. The second-order valence-corrected chi connectivity index (χ2v) is 14.5. The third kappa shape index (κ3) is 4.55. The van der Waals surface area contributed by atoms with Crippen molar-refractivity contribution in [1.82, 2.24) is 29.7 Å². The smallest absolute Gasteiger partial charge is 0.238 e. The Bertz CT molecular complexity index is 1790. The van der Waals surface area contributed by atoms with E-state index in [0.29, 0.717) is 23.0 Å². The minimum atomic E-state index is -0.470. The number of likely N-dealkylation sites (tertiary alicyclic amines) is 1. The molecular weight excluding hydrogens is 567 g/mol. The van der Waals surface area contributed by atoms with Gasteiger partial charge in [-0.05, 0) is 81.8 Å². The summed E-state index contributed by atoms with van der Waals surface area (Å²) in [5.41, 5.74) is 5.62. The lowest BCUT2D eigenvalue weighted by Crippen LogP contribution is -2.64. The number of hydrogen-bond acceptors (Lipinski definition) is 7. The number of imidazole rings is 1. The minimum absolute atomic E-state index is 0.139. The van der Waals surface area contributed by atoms with Crippen molar-refractivity contribution in [3.63, 3.8) is 0 Å². The van der Waals surface area contributed by atoms with Crippen LogP contribution in [0.2, 0.25) is 0 Å². The summed E-state index contributed by atoms with van der Waals surface area (Å²) in [5.74, 6) is 0.340. The summed E-state index contributed by atoms with van der Waals surface area (Å²) in [6.07, 6.45) is 8.22. The van der Waals surface area contributed by atoms with Crippen molar-refractivity contribution < 1.29 is 9.18 Å². The number of amides is 1. The van der Waals surface area contributed by atoms with Crippen molar-refractivity contribution in [2.24, 2.45) is 5.41 Å². The Morgan fingerprint density at radius 2 is 1.84 bits per heavy atom. The zero-order valence-corrected chi connectivity index (χ0v) is 26.5. The lowest BCUT2D eigenvalue weighted by molar-refractivity contribution is -0.125.